The summed E-state index contributed by atoms with van der Waals surface area (Å²) in [6.45, 7) is -0.140. The molecule has 0 fully saturated rings. The Kier molecular flexibility index (Phi) is 7.94. The van der Waals surface area contributed by atoms with Crippen LogP contribution in [0.2, 0.25) is 5.02 Å². The number of ether oxygens (including phenoxy) is 1. The molecule has 0 aliphatic heterocycles. The molecule has 0 heterocycles. The van der Waals surface area contributed by atoms with Crippen LogP contribution >= 0.6 is 11.6 Å². The van der Waals surface area contributed by atoms with Crippen LogP contribution in [0.5, 0.6) is 5.75 Å². The van der Waals surface area contributed by atoms with Gasteiger partial charge in [-0.25, -0.2) is 5.43 Å². The number of rotatable bonds is 7. The van der Waals surface area contributed by atoms with Gasteiger partial charge in [-0.3, -0.25) is 14.4 Å². The molecule has 0 unspecified atom stereocenters. The van der Waals surface area contributed by atoms with Crippen molar-refractivity contribution in [3.05, 3.63) is 89.4 Å². The zero-order valence-corrected chi connectivity index (χ0v) is 17.5. The van der Waals surface area contributed by atoms with E-state index in [1.165, 1.54) is 6.21 Å². The first-order chi connectivity index (χ1) is 15.5. The largest absolute Gasteiger partial charge is 0.484 e. The summed E-state index contributed by atoms with van der Waals surface area (Å²) in [6, 6.07) is 22.3. The normalized spacial score (nSPS) is 10.4. The lowest BCUT2D eigenvalue weighted by atomic mass is 10.2. The van der Waals surface area contributed by atoms with Crippen LogP contribution in [-0.4, -0.2) is 30.5 Å². The third kappa shape index (κ3) is 6.96. The lowest BCUT2D eigenvalue weighted by molar-refractivity contribution is -0.136. The van der Waals surface area contributed by atoms with Crippen molar-refractivity contribution in [1.29, 1.82) is 0 Å². The van der Waals surface area contributed by atoms with Gasteiger partial charge in [0.2, 0.25) is 0 Å². The molecule has 0 radical (unpaired) electrons. The number of hydrazone groups is 1. The Morgan fingerprint density at radius 1 is 0.844 bits per heavy atom. The molecule has 3 N–H and O–H groups in total. The van der Waals surface area contributed by atoms with Crippen molar-refractivity contribution in [3.8, 4) is 5.75 Å². The zero-order chi connectivity index (χ0) is 22.8. The van der Waals surface area contributed by atoms with E-state index in [-0.39, 0.29) is 12.5 Å². The molecule has 0 saturated heterocycles. The first kappa shape index (κ1) is 22.5. The van der Waals surface area contributed by atoms with Crippen LogP contribution in [0, 0.1) is 0 Å². The molecule has 8 nitrogen and oxygen atoms in total. The fourth-order valence-corrected chi connectivity index (χ4v) is 2.66. The Hall–Kier alpha value is -4.17. The molecule has 0 bridgehead atoms. The molecule has 0 aliphatic rings. The molecule has 3 amide bonds. The van der Waals surface area contributed by atoms with E-state index in [1.807, 2.05) is 18.2 Å². The number of para-hydroxylation sites is 2. The van der Waals surface area contributed by atoms with E-state index in [0.717, 1.165) is 0 Å². The fraction of sp³-hybridized carbons (Fsp3) is 0.0435. The van der Waals surface area contributed by atoms with Gasteiger partial charge >= 0.3 is 11.8 Å². The summed E-state index contributed by atoms with van der Waals surface area (Å²) in [5.74, 6) is -1.62. The first-order valence-corrected chi connectivity index (χ1v) is 9.86. The third-order valence-electron chi connectivity index (χ3n) is 4.02. The van der Waals surface area contributed by atoms with Gasteiger partial charge in [-0.05, 0) is 54.1 Å². The summed E-state index contributed by atoms with van der Waals surface area (Å²) in [5.41, 5.74) is 3.81. The van der Waals surface area contributed by atoms with Crippen LogP contribution in [0.4, 0.5) is 11.4 Å². The van der Waals surface area contributed by atoms with Crippen LogP contribution in [0.1, 0.15) is 5.56 Å². The SMILES string of the molecule is O=C(COc1ccc(/C=N\NC(=O)C(=O)Nc2ccccc2Cl)cc1)Nc1ccccc1. The summed E-state index contributed by atoms with van der Waals surface area (Å²) in [5, 5.41) is 9.19. The number of hydrogen-bond donors (Lipinski definition) is 3. The van der Waals surface area contributed by atoms with E-state index in [9.17, 15) is 14.4 Å². The van der Waals surface area contributed by atoms with E-state index in [0.29, 0.717) is 27.7 Å². The van der Waals surface area contributed by atoms with Gasteiger partial charge in [0.15, 0.2) is 6.61 Å². The minimum Gasteiger partial charge on any atom is -0.484 e. The van der Waals surface area contributed by atoms with Crippen molar-refractivity contribution in [2.75, 3.05) is 17.2 Å². The molecular formula is C23H19ClN4O4. The number of nitrogens with zero attached hydrogens (tertiary/aromatic N) is 1. The summed E-state index contributed by atoms with van der Waals surface area (Å²) >= 11 is 5.94. The average molecular weight is 451 g/mol. The Labute approximate surface area is 189 Å². The Morgan fingerprint density at radius 2 is 1.53 bits per heavy atom. The number of anilines is 2. The highest BCUT2D eigenvalue weighted by atomic mass is 35.5. The first-order valence-electron chi connectivity index (χ1n) is 9.48. The second kappa shape index (κ2) is 11.3. The number of nitrogens with one attached hydrogen (secondary N) is 3. The molecule has 9 heteroatoms. The Morgan fingerprint density at radius 3 is 2.25 bits per heavy atom. The number of carbonyl (C=O) groups excluding carboxylic acids is 3. The van der Waals surface area contributed by atoms with Gasteiger partial charge in [-0.15, -0.1) is 0 Å². The molecular weight excluding hydrogens is 432 g/mol. The van der Waals surface area contributed by atoms with Gasteiger partial charge in [0.1, 0.15) is 5.75 Å². The molecule has 0 spiro atoms. The fourth-order valence-electron chi connectivity index (χ4n) is 2.48. The van der Waals surface area contributed by atoms with E-state index in [4.69, 9.17) is 16.3 Å². The molecule has 32 heavy (non-hydrogen) atoms. The van der Waals surface area contributed by atoms with Crippen LogP contribution in [0.25, 0.3) is 0 Å². The molecule has 0 aromatic heterocycles. The van der Waals surface area contributed by atoms with Crippen molar-refractivity contribution >= 4 is 46.9 Å². The maximum Gasteiger partial charge on any atom is 0.329 e. The zero-order valence-electron chi connectivity index (χ0n) is 16.7. The number of halogens is 1. The summed E-state index contributed by atoms with van der Waals surface area (Å²) in [7, 11) is 0. The lowest BCUT2D eigenvalue weighted by Gasteiger charge is -2.07. The predicted octanol–water partition coefficient (Wildman–Crippen LogP) is 3.45. The molecule has 0 aliphatic carbocycles. The van der Waals surface area contributed by atoms with Gasteiger partial charge < -0.3 is 15.4 Å². The van der Waals surface area contributed by atoms with Gasteiger partial charge in [0.25, 0.3) is 5.91 Å². The maximum atomic E-state index is 11.9. The number of amides is 3. The summed E-state index contributed by atoms with van der Waals surface area (Å²) in [6.07, 6.45) is 1.37. The molecule has 0 atom stereocenters. The lowest BCUT2D eigenvalue weighted by Crippen LogP contribution is -2.32. The van der Waals surface area contributed by atoms with E-state index < -0.39 is 11.8 Å². The van der Waals surface area contributed by atoms with E-state index in [2.05, 4.69) is 21.2 Å². The van der Waals surface area contributed by atoms with Gasteiger partial charge in [-0.1, -0.05) is 41.9 Å². The Balaban J connectivity index is 1.43. The van der Waals surface area contributed by atoms with Gasteiger partial charge in [0.05, 0.1) is 16.9 Å². The average Bonchev–Trinajstić information content (AvgIpc) is 2.80. The highest BCUT2D eigenvalue weighted by Crippen LogP contribution is 2.20. The molecule has 162 valence electrons. The van der Waals surface area contributed by atoms with Crippen LogP contribution in [-0.2, 0) is 14.4 Å². The van der Waals surface area contributed by atoms with Crippen molar-refractivity contribution in [2.24, 2.45) is 5.10 Å². The van der Waals surface area contributed by atoms with Gasteiger partial charge in [-0.2, -0.15) is 5.10 Å². The standard InChI is InChI=1S/C23H19ClN4O4/c24-19-8-4-5-9-20(19)27-22(30)23(31)28-25-14-16-10-12-18(13-11-16)32-15-21(29)26-17-6-2-1-3-7-17/h1-14H,15H2,(H,26,29)(H,27,30)(H,28,31)/b25-14-. The van der Waals surface area contributed by atoms with Crippen LogP contribution in [0.3, 0.4) is 0 Å². The van der Waals surface area contributed by atoms with Gasteiger partial charge in [0, 0.05) is 5.69 Å². The maximum absolute atomic E-state index is 11.9. The predicted molar refractivity (Wildman–Crippen MR) is 123 cm³/mol. The van der Waals surface area contributed by atoms with E-state index in [1.54, 1.807) is 60.7 Å². The molecule has 3 aromatic carbocycles. The molecule has 0 saturated carbocycles. The van der Waals surface area contributed by atoms with Crippen molar-refractivity contribution in [2.45, 2.75) is 0 Å². The van der Waals surface area contributed by atoms with Crippen LogP contribution in [0.15, 0.2) is 84.0 Å². The highest BCUT2D eigenvalue weighted by Gasteiger charge is 2.14. The number of benzene rings is 3. The summed E-state index contributed by atoms with van der Waals surface area (Å²) in [4.78, 5) is 35.6. The minimum atomic E-state index is -0.939. The Bertz CT molecular complexity index is 1120. The van der Waals surface area contributed by atoms with Crippen LogP contribution < -0.4 is 20.8 Å². The van der Waals surface area contributed by atoms with Crippen molar-refractivity contribution in [3.63, 3.8) is 0 Å². The van der Waals surface area contributed by atoms with Crippen molar-refractivity contribution in [1.82, 2.24) is 5.43 Å². The second-order valence-corrected chi connectivity index (χ2v) is 6.81. The van der Waals surface area contributed by atoms with Crippen molar-refractivity contribution < 1.29 is 19.1 Å². The topological polar surface area (TPSA) is 109 Å². The molecule has 3 rings (SSSR count). The minimum absolute atomic E-state index is 0.140. The highest BCUT2D eigenvalue weighted by molar-refractivity contribution is 6.41. The smallest absolute Gasteiger partial charge is 0.329 e. The summed E-state index contributed by atoms with van der Waals surface area (Å²) < 4.78 is 5.45. The van der Waals surface area contributed by atoms with E-state index >= 15 is 0 Å². The second-order valence-electron chi connectivity index (χ2n) is 6.41. The molecule has 3 aromatic rings. The number of hydrogen-bond acceptors (Lipinski definition) is 5. The quantitative estimate of drug-likeness (QED) is 0.291. The monoisotopic (exact) mass is 450 g/mol. The third-order valence-corrected chi connectivity index (χ3v) is 4.35. The number of carbonyl (C=O) groups is 3.